The molecule has 149 valence electrons. The van der Waals surface area contributed by atoms with Gasteiger partial charge in [-0.05, 0) is 61.4 Å². The van der Waals surface area contributed by atoms with Crippen molar-refractivity contribution in [2.45, 2.75) is 91.8 Å². The highest BCUT2D eigenvalue weighted by molar-refractivity contribution is 6.71. The van der Waals surface area contributed by atoms with E-state index in [1.165, 1.54) is 30.9 Å². The first-order chi connectivity index (χ1) is 12.1. The maximum Gasteiger partial charge on any atom is 0.186 e. The standard InChI is InChI=1S/C22H41N2OSi/c1-18(2)20-21(23-6)19(13-15-24-20)12-11-16-25-26(7,8)17-10-9-14-22(3,4)5/h13,15,18,23H,6,9-12,14,16-17H2,1-5,7-8H3. The molecule has 0 atom stereocenters. The van der Waals surface area contributed by atoms with Crippen molar-refractivity contribution in [1.29, 1.82) is 0 Å². The highest BCUT2D eigenvalue weighted by Crippen LogP contribution is 2.27. The molecule has 0 bridgehead atoms. The summed E-state index contributed by atoms with van der Waals surface area (Å²) in [5.41, 5.74) is 3.95. The minimum Gasteiger partial charge on any atom is -0.417 e. The van der Waals surface area contributed by atoms with E-state index >= 15 is 0 Å². The van der Waals surface area contributed by atoms with Gasteiger partial charge in [-0.1, -0.05) is 47.5 Å². The van der Waals surface area contributed by atoms with Gasteiger partial charge in [0.2, 0.25) is 0 Å². The van der Waals surface area contributed by atoms with Crippen LogP contribution in [0.2, 0.25) is 19.1 Å². The molecule has 0 saturated carbocycles. The van der Waals surface area contributed by atoms with Gasteiger partial charge in [0.25, 0.3) is 0 Å². The van der Waals surface area contributed by atoms with Crippen molar-refractivity contribution in [2.75, 3.05) is 11.9 Å². The van der Waals surface area contributed by atoms with E-state index in [0.717, 1.165) is 30.8 Å². The summed E-state index contributed by atoms with van der Waals surface area (Å²) in [6.07, 6.45) is 7.90. The molecule has 0 saturated heterocycles. The summed E-state index contributed by atoms with van der Waals surface area (Å²) in [6, 6.07) is 3.37. The van der Waals surface area contributed by atoms with Gasteiger partial charge in [-0.25, -0.2) is 0 Å². The van der Waals surface area contributed by atoms with Crippen LogP contribution in [0.5, 0.6) is 0 Å². The van der Waals surface area contributed by atoms with Crippen LogP contribution in [0.4, 0.5) is 5.69 Å². The van der Waals surface area contributed by atoms with Crippen LogP contribution in [0.1, 0.15) is 77.5 Å². The molecular weight excluding hydrogens is 336 g/mol. The van der Waals surface area contributed by atoms with Crippen LogP contribution in [0, 0.1) is 12.5 Å². The molecule has 1 radical (unpaired) electrons. The molecule has 1 N–H and O–H groups in total. The van der Waals surface area contributed by atoms with E-state index in [1.807, 2.05) is 6.20 Å². The maximum absolute atomic E-state index is 6.32. The molecule has 4 heteroatoms. The fraction of sp³-hybridized carbons (Fsp3) is 0.727. The number of hydrogen-bond acceptors (Lipinski definition) is 3. The van der Waals surface area contributed by atoms with Gasteiger partial charge in [-0.2, -0.15) is 0 Å². The largest absolute Gasteiger partial charge is 0.417 e. The molecular formula is C22H41N2OSi. The molecule has 3 nitrogen and oxygen atoms in total. The molecule has 0 fully saturated rings. The predicted octanol–water partition coefficient (Wildman–Crippen LogP) is 6.78. The molecule has 26 heavy (non-hydrogen) atoms. The first kappa shape index (κ1) is 23.2. The van der Waals surface area contributed by atoms with Crippen molar-refractivity contribution in [1.82, 2.24) is 4.98 Å². The van der Waals surface area contributed by atoms with Crippen molar-refractivity contribution in [2.24, 2.45) is 5.41 Å². The molecule has 0 aliphatic carbocycles. The van der Waals surface area contributed by atoms with Crippen LogP contribution in [0.15, 0.2) is 12.3 Å². The lowest BCUT2D eigenvalue weighted by molar-refractivity contribution is 0.297. The normalized spacial score (nSPS) is 12.7. The van der Waals surface area contributed by atoms with Gasteiger partial charge in [0.1, 0.15) is 0 Å². The number of hydrogen-bond donors (Lipinski definition) is 1. The first-order valence-corrected chi connectivity index (χ1v) is 13.3. The van der Waals surface area contributed by atoms with Crippen LogP contribution in [0.25, 0.3) is 0 Å². The number of nitrogens with one attached hydrogen (secondary N) is 1. The second kappa shape index (κ2) is 10.5. The molecule has 0 unspecified atom stereocenters. The summed E-state index contributed by atoms with van der Waals surface area (Å²) in [7, 11) is 2.34. The number of pyridine rings is 1. The second-order valence-corrected chi connectivity index (χ2v) is 13.8. The zero-order valence-corrected chi connectivity index (χ0v) is 19.2. The molecule has 0 spiro atoms. The van der Waals surface area contributed by atoms with Crippen LogP contribution in [-0.2, 0) is 10.8 Å². The highest BCUT2D eigenvalue weighted by Gasteiger charge is 2.22. The summed E-state index contributed by atoms with van der Waals surface area (Å²) in [4.78, 5) is 4.51. The number of nitrogens with zero attached hydrogens (tertiary/aromatic N) is 1. The zero-order chi connectivity index (χ0) is 19.8. The van der Waals surface area contributed by atoms with E-state index in [9.17, 15) is 0 Å². The van der Waals surface area contributed by atoms with Crippen molar-refractivity contribution < 1.29 is 4.43 Å². The quantitative estimate of drug-likeness (QED) is 0.341. The van der Waals surface area contributed by atoms with Gasteiger partial charge in [0, 0.05) is 19.9 Å². The van der Waals surface area contributed by atoms with E-state index in [1.54, 1.807) is 0 Å². The third-order valence-corrected chi connectivity index (χ3v) is 7.37. The smallest absolute Gasteiger partial charge is 0.186 e. The Balaban J connectivity index is 2.40. The van der Waals surface area contributed by atoms with Gasteiger partial charge in [-0.15, -0.1) is 0 Å². The Morgan fingerprint density at radius 3 is 2.46 bits per heavy atom. The molecule has 1 rings (SSSR count). The number of anilines is 1. The molecule has 0 aliphatic heterocycles. The van der Waals surface area contributed by atoms with Crippen molar-refractivity contribution in [3.8, 4) is 0 Å². The lowest BCUT2D eigenvalue weighted by Crippen LogP contribution is -2.30. The fourth-order valence-electron chi connectivity index (χ4n) is 3.26. The highest BCUT2D eigenvalue weighted by atomic mass is 28.4. The van der Waals surface area contributed by atoms with E-state index in [4.69, 9.17) is 4.43 Å². The van der Waals surface area contributed by atoms with Crippen molar-refractivity contribution >= 4 is 14.0 Å². The third-order valence-electron chi connectivity index (χ3n) is 4.83. The Hall–Kier alpha value is -0.873. The monoisotopic (exact) mass is 377 g/mol. The predicted molar refractivity (Wildman–Crippen MR) is 117 cm³/mol. The van der Waals surface area contributed by atoms with Gasteiger partial charge in [0.05, 0.1) is 11.4 Å². The van der Waals surface area contributed by atoms with Crippen LogP contribution < -0.4 is 5.32 Å². The average Bonchev–Trinajstić information content (AvgIpc) is 2.54. The molecule has 1 aromatic rings. The Bertz CT molecular complexity index is 535. The summed E-state index contributed by atoms with van der Waals surface area (Å²) in [5.74, 6) is 0.398. The van der Waals surface area contributed by atoms with E-state index in [2.05, 4.69) is 71.1 Å². The van der Waals surface area contributed by atoms with Crippen molar-refractivity contribution in [3.05, 3.63) is 30.6 Å². The number of aromatic nitrogens is 1. The molecule has 1 heterocycles. The number of aryl methyl sites for hydroxylation is 1. The fourth-order valence-corrected chi connectivity index (χ4v) is 5.20. The van der Waals surface area contributed by atoms with Crippen molar-refractivity contribution in [3.63, 3.8) is 0 Å². The molecule has 0 aliphatic rings. The molecule has 0 amide bonds. The van der Waals surface area contributed by atoms with Gasteiger partial charge in [-0.3, -0.25) is 4.98 Å². The van der Waals surface area contributed by atoms with Gasteiger partial charge in [0.15, 0.2) is 8.32 Å². The Kier molecular flexibility index (Phi) is 9.32. The number of unbranched alkanes of at least 4 members (excludes halogenated alkanes) is 1. The summed E-state index contributed by atoms with van der Waals surface area (Å²) < 4.78 is 6.32. The summed E-state index contributed by atoms with van der Waals surface area (Å²) in [6.45, 7) is 16.9. The zero-order valence-electron chi connectivity index (χ0n) is 18.2. The number of rotatable bonds is 11. The second-order valence-electron chi connectivity index (χ2n) is 9.54. The van der Waals surface area contributed by atoms with Crippen LogP contribution in [-0.4, -0.2) is 19.9 Å². The Morgan fingerprint density at radius 1 is 1.19 bits per heavy atom. The summed E-state index contributed by atoms with van der Waals surface area (Å²) in [5, 5.41) is 3.10. The van der Waals surface area contributed by atoms with E-state index in [0.29, 0.717) is 11.3 Å². The minimum atomic E-state index is -1.53. The minimum absolute atomic E-state index is 0.398. The molecule has 1 aromatic heterocycles. The van der Waals surface area contributed by atoms with Crippen LogP contribution >= 0.6 is 0 Å². The Morgan fingerprint density at radius 2 is 1.88 bits per heavy atom. The average molecular weight is 378 g/mol. The summed E-state index contributed by atoms with van der Waals surface area (Å²) >= 11 is 0. The lowest BCUT2D eigenvalue weighted by Gasteiger charge is -2.24. The first-order valence-electron chi connectivity index (χ1n) is 10.2. The van der Waals surface area contributed by atoms with Crippen LogP contribution in [0.3, 0.4) is 0 Å². The lowest BCUT2D eigenvalue weighted by atomic mass is 9.90. The van der Waals surface area contributed by atoms with E-state index < -0.39 is 8.32 Å². The maximum atomic E-state index is 6.32. The van der Waals surface area contributed by atoms with E-state index in [-0.39, 0.29) is 0 Å². The molecule has 0 aromatic carbocycles. The van der Waals surface area contributed by atoms with Gasteiger partial charge >= 0.3 is 0 Å². The Labute approximate surface area is 163 Å². The SMILES string of the molecule is [CH2]Nc1c(CCCO[Si](C)(C)CCCCC(C)(C)C)ccnc1C(C)C. The topological polar surface area (TPSA) is 34.1 Å². The third kappa shape index (κ3) is 8.68. The van der Waals surface area contributed by atoms with Gasteiger partial charge < -0.3 is 9.74 Å².